The highest BCUT2D eigenvalue weighted by molar-refractivity contribution is 6.36. The zero-order valence-corrected chi connectivity index (χ0v) is 16.4. The summed E-state index contributed by atoms with van der Waals surface area (Å²) in [6.07, 6.45) is 0.138. The van der Waals surface area contributed by atoms with Crippen LogP contribution in [0.4, 0.5) is 19.0 Å². The first-order valence-electron chi connectivity index (χ1n) is 9.81. The van der Waals surface area contributed by atoms with Gasteiger partial charge in [0.1, 0.15) is 10.8 Å². The molecule has 156 valence electrons. The van der Waals surface area contributed by atoms with Gasteiger partial charge in [0.05, 0.1) is 6.04 Å². The van der Waals surface area contributed by atoms with Gasteiger partial charge in [-0.25, -0.2) is 4.68 Å². The first-order valence-corrected chi connectivity index (χ1v) is 10.2. The van der Waals surface area contributed by atoms with Crippen molar-refractivity contribution in [1.29, 1.82) is 0 Å². The zero-order chi connectivity index (χ0) is 20.6. The Balaban J connectivity index is 1.65. The summed E-state index contributed by atoms with van der Waals surface area (Å²) in [6.45, 7) is 0. The number of aromatic nitrogens is 2. The van der Waals surface area contributed by atoms with Gasteiger partial charge < -0.3 is 10.6 Å². The molecule has 0 bridgehead atoms. The van der Waals surface area contributed by atoms with E-state index in [1.165, 1.54) is 0 Å². The molecule has 4 rings (SSSR count). The summed E-state index contributed by atoms with van der Waals surface area (Å²) >= 11 is 6.35. The van der Waals surface area contributed by atoms with Gasteiger partial charge >= 0.3 is 6.18 Å². The number of rotatable bonds is 3. The molecule has 0 radical (unpaired) electrons. The Bertz CT molecular complexity index is 878. The molecule has 0 saturated heterocycles. The molecule has 9 heteroatoms. The third-order valence-corrected chi connectivity index (χ3v) is 6.01. The molecule has 1 saturated carbocycles. The average molecular weight is 427 g/mol. The van der Waals surface area contributed by atoms with Crippen molar-refractivity contribution >= 4 is 23.3 Å². The van der Waals surface area contributed by atoms with Gasteiger partial charge in [-0.2, -0.15) is 18.3 Å². The maximum Gasteiger partial charge on any atom is 0.410 e. The lowest BCUT2D eigenvalue weighted by Gasteiger charge is -2.33. The summed E-state index contributed by atoms with van der Waals surface area (Å²) in [7, 11) is 0. The number of alkyl halides is 3. The fourth-order valence-electron chi connectivity index (χ4n) is 4.14. The molecular weight excluding hydrogens is 405 g/mol. The second kappa shape index (κ2) is 7.89. The van der Waals surface area contributed by atoms with Crippen LogP contribution in [-0.2, 0) is 0 Å². The fraction of sp³-hybridized carbons (Fsp3) is 0.500. The summed E-state index contributed by atoms with van der Waals surface area (Å²) < 4.78 is 42.2. The molecule has 2 heterocycles. The molecule has 0 spiro atoms. The van der Waals surface area contributed by atoms with E-state index < -0.39 is 24.2 Å². The van der Waals surface area contributed by atoms with Crippen LogP contribution in [0, 0.1) is 0 Å². The van der Waals surface area contributed by atoms with Crippen molar-refractivity contribution in [2.75, 3.05) is 5.32 Å². The number of hydrogen-bond donors (Lipinski definition) is 2. The monoisotopic (exact) mass is 426 g/mol. The van der Waals surface area contributed by atoms with E-state index in [9.17, 15) is 18.0 Å². The van der Waals surface area contributed by atoms with E-state index in [1.54, 1.807) is 30.3 Å². The minimum absolute atomic E-state index is 0.00878. The number of benzene rings is 1. The lowest BCUT2D eigenvalue weighted by molar-refractivity contribution is -0.173. The molecule has 1 fully saturated rings. The maximum atomic E-state index is 13.8. The molecule has 1 aromatic carbocycles. The quantitative estimate of drug-likeness (QED) is 0.703. The highest BCUT2D eigenvalue weighted by atomic mass is 35.5. The zero-order valence-electron chi connectivity index (χ0n) is 15.7. The van der Waals surface area contributed by atoms with Crippen LogP contribution in [0.2, 0.25) is 5.02 Å². The van der Waals surface area contributed by atoms with E-state index in [-0.39, 0.29) is 29.0 Å². The van der Waals surface area contributed by atoms with Gasteiger partial charge in [0.25, 0.3) is 5.91 Å². The van der Waals surface area contributed by atoms with Crippen molar-refractivity contribution in [3.63, 3.8) is 0 Å². The lowest BCUT2D eigenvalue weighted by Crippen LogP contribution is -2.37. The summed E-state index contributed by atoms with van der Waals surface area (Å²) in [5, 5.41) is 9.83. The van der Waals surface area contributed by atoms with Crippen molar-refractivity contribution in [2.45, 2.75) is 62.8 Å². The number of carbonyl (C=O) groups excluding carboxylic acids is 1. The number of hydrogen-bond acceptors (Lipinski definition) is 3. The number of halogens is 4. The lowest BCUT2D eigenvalue weighted by atomic mass is 9.95. The van der Waals surface area contributed by atoms with Crippen molar-refractivity contribution in [1.82, 2.24) is 15.1 Å². The number of anilines is 1. The number of fused-ring (bicyclic) bond motifs is 1. The second-order valence-corrected chi connectivity index (χ2v) is 8.04. The van der Waals surface area contributed by atoms with Gasteiger partial charge in [-0.05, 0) is 18.4 Å². The molecule has 2 N–H and O–H groups in total. The Labute approximate surface area is 171 Å². The smallest absolute Gasteiger partial charge is 0.362 e. The molecule has 5 nitrogen and oxygen atoms in total. The predicted molar refractivity (Wildman–Crippen MR) is 104 cm³/mol. The van der Waals surface area contributed by atoms with E-state index in [2.05, 4.69) is 15.7 Å². The van der Waals surface area contributed by atoms with Crippen molar-refractivity contribution < 1.29 is 18.0 Å². The Morgan fingerprint density at radius 1 is 1.17 bits per heavy atom. The van der Waals surface area contributed by atoms with E-state index in [0.717, 1.165) is 42.3 Å². The molecule has 29 heavy (non-hydrogen) atoms. The van der Waals surface area contributed by atoms with Crippen LogP contribution >= 0.6 is 11.6 Å². The van der Waals surface area contributed by atoms with E-state index in [1.807, 2.05) is 0 Å². The normalized spacial score (nSPS) is 22.6. The largest absolute Gasteiger partial charge is 0.410 e. The van der Waals surface area contributed by atoms with Crippen LogP contribution in [0.5, 0.6) is 0 Å². The number of nitrogens with one attached hydrogen (secondary N) is 2. The summed E-state index contributed by atoms with van der Waals surface area (Å²) in [5.74, 6) is -0.495. The predicted octanol–water partition coefficient (Wildman–Crippen LogP) is 5.26. The van der Waals surface area contributed by atoms with E-state index in [4.69, 9.17) is 11.6 Å². The highest BCUT2D eigenvalue weighted by Gasteiger charge is 2.47. The third kappa shape index (κ3) is 4.08. The van der Waals surface area contributed by atoms with Gasteiger partial charge in [0, 0.05) is 12.5 Å². The van der Waals surface area contributed by atoms with Crippen LogP contribution in [-0.4, -0.2) is 27.9 Å². The van der Waals surface area contributed by atoms with Gasteiger partial charge in [-0.15, -0.1) is 0 Å². The van der Waals surface area contributed by atoms with Gasteiger partial charge in [-0.3, -0.25) is 4.79 Å². The van der Waals surface area contributed by atoms with Gasteiger partial charge in [-0.1, -0.05) is 61.2 Å². The maximum absolute atomic E-state index is 13.8. The fourth-order valence-corrected chi connectivity index (χ4v) is 4.40. The second-order valence-electron chi connectivity index (χ2n) is 7.66. The molecule has 2 aliphatic rings. The Morgan fingerprint density at radius 2 is 1.86 bits per heavy atom. The molecule has 1 amide bonds. The van der Waals surface area contributed by atoms with Gasteiger partial charge in [0.2, 0.25) is 0 Å². The molecule has 0 unspecified atom stereocenters. The third-order valence-electron chi connectivity index (χ3n) is 5.65. The summed E-state index contributed by atoms with van der Waals surface area (Å²) in [5.41, 5.74) is 0.557. The highest BCUT2D eigenvalue weighted by Crippen LogP contribution is 2.46. The number of carbonyl (C=O) groups is 1. The SMILES string of the molecule is O=C(NC1CCCCC1)c1nn2c(c1Cl)N[C@H](c1ccccc1)C[C@H]2C(F)(F)F. The van der Waals surface area contributed by atoms with Gasteiger partial charge in [0.15, 0.2) is 11.7 Å². The molecule has 1 aliphatic heterocycles. The Hall–Kier alpha value is -2.22. The van der Waals surface area contributed by atoms with Crippen LogP contribution < -0.4 is 10.6 Å². The first kappa shape index (κ1) is 20.1. The minimum atomic E-state index is -4.52. The van der Waals surface area contributed by atoms with E-state index >= 15 is 0 Å². The Kier molecular flexibility index (Phi) is 5.46. The molecule has 2 aromatic rings. The number of nitrogens with zero attached hydrogens (tertiary/aromatic N) is 2. The van der Waals surface area contributed by atoms with Crippen LogP contribution in [0.25, 0.3) is 0 Å². The standard InChI is InChI=1S/C20H22ClF3N4O/c21-16-17(19(29)25-13-9-5-2-6-10-13)27-28-15(20(22,23)24)11-14(26-18(16)28)12-7-3-1-4-8-12/h1,3-4,7-8,13-15,26H,2,5-6,9-11H2,(H,25,29)/t14-,15-/m0/s1. The average Bonchev–Trinajstić information content (AvgIpc) is 3.05. The summed E-state index contributed by atoms with van der Waals surface area (Å²) in [6, 6.07) is 6.44. The van der Waals surface area contributed by atoms with Crippen molar-refractivity contribution in [3.8, 4) is 0 Å². The molecular formula is C20H22ClF3N4O. The van der Waals surface area contributed by atoms with Crippen molar-refractivity contribution in [3.05, 3.63) is 46.6 Å². The number of amides is 1. The minimum Gasteiger partial charge on any atom is -0.362 e. The van der Waals surface area contributed by atoms with Crippen LogP contribution in [0.3, 0.4) is 0 Å². The molecule has 1 aromatic heterocycles. The molecule has 1 aliphatic carbocycles. The topological polar surface area (TPSA) is 59.0 Å². The van der Waals surface area contributed by atoms with Crippen LogP contribution in [0.1, 0.15) is 66.7 Å². The van der Waals surface area contributed by atoms with E-state index in [0.29, 0.717) is 0 Å². The van der Waals surface area contributed by atoms with Crippen molar-refractivity contribution in [2.24, 2.45) is 0 Å². The van der Waals surface area contributed by atoms with Crippen LogP contribution in [0.15, 0.2) is 30.3 Å². The molecule has 2 atom stereocenters. The Morgan fingerprint density at radius 3 is 2.52 bits per heavy atom. The summed E-state index contributed by atoms with van der Waals surface area (Å²) in [4.78, 5) is 12.7. The first-order chi connectivity index (χ1) is 13.8.